The Kier molecular flexibility index (Phi) is 4.74. The zero-order valence-corrected chi connectivity index (χ0v) is 12.0. The predicted molar refractivity (Wildman–Crippen MR) is 75.6 cm³/mol. The summed E-state index contributed by atoms with van der Waals surface area (Å²) < 4.78 is 3.97. The van der Waals surface area contributed by atoms with Gasteiger partial charge in [0.25, 0.3) is 0 Å². The first-order valence-corrected chi connectivity index (χ1v) is 6.96. The molecule has 5 nitrogen and oxygen atoms in total. The third-order valence-corrected chi connectivity index (χ3v) is 3.51. The first-order valence-electron chi connectivity index (χ1n) is 6.96. The van der Waals surface area contributed by atoms with E-state index in [1.807, 2.05) is 24.0 Å². The fraction of sp³-hybridized carbons (Fsp3) is 0.571. The minimum absolute atomic E-state index is 0.519. The summed E-state index contributed by atoms with van der Waals surface area (Å²) in [7, 11) is 1.96. The number of nitrogens with one attached hydrogen (secondary N) is 1. The highest BCUT2D eigenvalue weighted by Crippen LogP contribution is 2.14. The molecule has 1 N–H and O–H groups in total. The van der Waals surface area contributed by atoms with E-state index in [2.05, 4.69) is 46.3 Å². The van der Waals surface area contributed by atoms with Crippen molar-refractivity contribution in [1.82, 2.24) is 24.9 Å². The van der Waals surface area contributed by atoms with Crippen LogP contribution < -0.4 is 5.32 Å². The van der Waals surface area contributed by atoms with Crippen LogP contribution in [0.25, 0.3) is 0 Å². The highest BCUT2D eigenvalue weighted by molar-refractivity contribution is 5.02. The van der Waals surface area contributed by atoms with E-state index in [0.29, 0.717) is 6.04 Å². The number of hydrogen-bond acceptors (Lipinski definition) is 3. The molecule has 0 amide bonds. The van der Waals surface area contributed by atoms with Gasteiger partial charge in [0, 0.05) is 32.5 Å². The van der Waals surface area contributed by atoms with Gasteiger partial charge in [-0.2, -0.15) is 10.2 Å². The zero-order chi connectivity index (χ0) is 13.7. The highest BCUT2D eigenvalue weighted by atomic mass is 15.3. The van der Waals surface area contributed by atoms with Gasteiger partial charge in [0.15, 0.2) is 0 Å². The number of aryl methyl sites for hydroxylation is 1. The van der Waals surface area contributed by atoms with E-state index in [1.165, 1.54) is 5.69 Å². The number of rotatable bonds is 7. The average Bonchev–Trinajstić information content (AvgIpc) is 3.02. The standard InChI is InChI=1S/C14H23N5/c1-4-13(5-2)19-9-7-12(17-19)10-15-11-14-6-8-16-18(14)3/h6-9,13,15H,4-5,10-11H2,1-3H3. The average molecular weight is 261 g/mol. The van der Waals surface area contributed by atoms with Crippen molar-refractivity contribution in [2.75, 3.05) is 0 Å². The largest absolute Gasteiger partial charge is 0.305 e. The van der Waals surface area contributed by atoms with E-state index in [-0.39, 0.29) is 0 Å². The summed E-state index contributed by atoms with van der Waals surface area (Å²) in [6.07, 6.45) is 6.15. The molecule has 104 valence electrons. The Morgan fingerprint density at radius 3 is 2.63 bits per heavy atom. The Bertz CT molecular complexity index is 495. The predicted octanol–water partition coefficient (Wildman–Crippen LogP) is 2.27. The second-order valence-electron chi connectivity index (χ2n) is 4.81. The van der Waals surface area contributed by atoms with Gasteiger partial charge >= 0.3 is 0 Å². The van der Waals surface area contributed by atoms with E-state index in [4.69, 9.17) is 0 Å². The van der Waals surface area contributed by atoms with Gasteiger partial charge in [-0.05, 0) is 25.0 Å². The lowest BCUT2D eigenvalue weighted by atomic mass is 10.2. The lowest BCUT2D eigenvalue weighted by Gasteiger charge is -2.12. The van der Waals surface area contributed by atoms with Crippen LogP contribution in [0, 0.1) is 0 Å². The molecule has 0 unspecified atom stereocenters. The zero-order valence-electron chi connectivity index (χ0n) is 12.0. The number of hydrogen-bond donors (Lipinski definition) is 1. The third-order valence-electron chi connectivity index (χ3n) is 3.51. The Balaban J connectivity index is 1.85. The fourth-order valence-corrected chi connectivity index (χ4v) is 2.23. The normalized spacial score (nSPS) is 11.4. The van der Waals surface area contributed by atoms with Crippen molar-refractivity contribution in [2.24, 2.45) is 7.05 Å². The molecular formula is C14H23N5. The lowest BCUT2D eigenvalue weighted by molar-refractivity contribution is 0.424. The van der Waals surface area contributed by atoms with Gasteiger partial charge in [-0.25, -0.2) is 0 Å². The molecule has 5 heteroatoms. The summed E-state index contributed by atoms with van der Waals surface area (Å²) in [6, 6.07) is 4.63. The molecule has 2 aromatic heterocycles. The van der Waals surface area contributed by atoms with Gasteiger partial charge in [-0.3, -0.25) is 9.36 Å². The molecule has 0 aliphatic carbocycles. The van der Waals surface area contributed by atoms with Crippen LogP contribution in [0.2, 0.25) is 0 Å². The quantitative estimate of drug-likeness (QED) is 0.831. The molecule has 0 aromatic carbocycles. The molecule has 2 rings (SSSR count). The maximum atomic E-state index is 4.63. The summed E-state index contributed by atoms with van der Waals surface area (Å²) in [5.74, 6) is 0. The van der Waals surface area contributed by atoms with Crippen molar-refractivity contribution < 1.29 is 0 Å². The van der Waals surface area contributed by atoms with E-state index in [9.17, 15) is 0 Å². The molecule has 0 bridgehead atoms. The van der Waals surface area contributed by atoms with Gasteiger partial charge in [0.2, 0.25) is 0 Å². The van der Waals surface area contributed by atoms with Gasteiger partial charge < -0.3 is 5.32 Å². The SMILES string of the molecule is CCC(CC)n1ccc(CNCc2ccnn2C)n1. The first-order chi connectivity index (χ1) is 9.24. The second kappa shape index (κ2) is 6.52. The molecule has 2 heterocycles. The summed E-state index contributed by atoms with van der Waals surface area (Å²) >= 11 is 0. The molecule has 0 atom stereocenters. The Hall–Kier alpha value is -1.62. The molecule has 19 heavy (non-hydrogen) atoms. The van der Waals surface area contributed by atoms with Crippen molar-refractivity contribution in [3.63, 3.8) is 0 Å². The molecule has 0 fully saturated rings. The van der Waals surface area contributed by atoms with E-state index < -0.39 is 0 Å². The van der Waals surface area contributed by atoms with Crippen molar-refractivity contribution in [2.45, 2.75) is 45.8 Å². The van der Waals surface area contributed by atoms with E-state index in [0.717, 1.165) is 31.6 Å². The molecular weight excluding hydrogens is 238 g/mol. The third kappa shape index (κ3) is 3.44. The Morgan fingerprint density at radius 2 is 2.00 bits per heavy atom. The second-order valence-corrected chi connectivity index (χ2v) is 4.81. The molecule has 0 radical (unpaired) electrons. The number of aromatic nitrogens is 4. The van der Waals surface area contributed by atoms with Crippen LogP contribution in [-0.2, 0) is 20.1 Å². The maximum absolute atomic E-state index is 4.63. The molecule has 0 saturated carbocycles. The van der Waals surface area contributed by atoms with Gasteiger partial charge in [0.1, 0.15) is 0 Å². The van der Waals surface area contributed by atoms with Crippen molar-refractivity contribution >= 4 is 0 Å². The van der Waals surface area contributed by atoms with Crippen molar-refractivity contribution in [1.29, 1.82) is 0 Å². The molecule has 0 aliphatic heterocycles. The van der Waals surface area contributed by atoms with Crippen molar-refractivity contribution in [3.05, 3.63) is 35.9 Å². The van der Waals surface area contributed by atoms with Crippen molar-refractivity contribution in [3.8, 4) is 0 Å². The summed E-state index contributed by atoms with van der Waals surface area (Å²) in [4.78, 5) is 0. The molecule has 0 aliphatic rings. The molecule has 2 aromatic rings. The monoisotopic (exact) mass is 261 g/mol. The topological polar surface area (TPSA) is 47.7 Å². The Labute approximate surface area is 114 Å². The Morgan fingerprint density at radius 1 is 1.21 bits per heavy atom. The minimum Gasteiger partial charge on any atom is -0.305 e. The number of nitrogens with zero attached hydrogens (tertiary/aromatic N) is 4. The van der Waals surface area contributed by atoms with Crippen LogP contribution in [0.4, 0.5) is 0 Å². The van der Waals surface area contributed by atoms with Crippen LogP contribution in [0.5, 0.6) is 0 Å². The smallest absolute Gasteiger partial charge is 0.0762 e. The lowest BCUT2D eigenvalue weighted by Crippen LogP contribution is -2.16. The molecule has 0 spiro atoms. The van der Waals surface area contributed by atoms with Crippen LogP contribution in [0.1, 0.15) is 44.1 Å². The summed E-state index contributed by atoms with van der Waals surface area (Å²) in [5, 5.41) is 12.2. The maximum Gasteiger partial charge on any atom is 0.0762 e. The molecule has 0 saturated heterocycles. The van der Waals surface area contributed by atoms with E-state index in [1.54, 1.807) is 0 Å². The van der Waals surface area contributed by atoms with E-state index >= 15 is 0 Å². The highest BCUT2D eigenvalue weighted by Gasteiger charge is 2.07. The summed E-state index contributed by atoms with van der Waals surface area (Å²) in [6.45, 7) is 6.01. The van der Waals surface area contributed by atoms with Gasteiger partial charge in [-0.15, -0.1) is 0 Å². The fourth-order valence-electron chi connectivity index (χ4n) is 2.23. The van der Waals surface area contributed by atoms with Crippen LogP contribution in [0.15, 0.2) is 24.5 Å². The first kappa shape index (κ1) is 13.8. The van der Waals surface area contributed by atoms with Crippen LogP contribution in [0.3, 0.4) is 0 Å². The van der Waals surface area contributed by atoms with Crippen LogP contribution in [-0.4, -0.2) is 19.6 Å². The summed E-state index contributed by atoms with van der Waals surface area (Å²) in [5.41, 5.74) is 2.27. The van der Waals surface area contributed by atoms with Gasteiger partial charge in [0.05, 0.1) is 17.4 Å². The van der Waals surface area contributed by atoms with Crippen LogP contribution >= 0.6 is 0 Å². The minimum atomic E-state index is 0.519. The van der Waals surface area contributed by atoms with Gasteiger partial charge in [-0.1, -0.05) is 13.8 Å².